The molecule has 0 aliphatic heterocycles. The fourth-order valence-electron chi connectivity index (χ4n) is 0. The first kappa shape index (κ1) is 13.8. The standard InChI is InChI=1S/6FH.H2O3S.Ta/c;;;;;;1-4(2)3;/h6*1H;4H,(H,1,2,3);/q;;;;;;;+6/p-6. The SMILES string of the molecule is O=[SH](=O)O.[F][Ta]([F])([F])([F])([F])[F]. The van der Waals surface area contributed by atoms with Gasteiger partial charge < -0.3 is 0 Å². The van der Waals surface area contributed by atoms with Gasteiger partial charge in [0, 0.05) is 0 Å². The third-order valence-corrected chi connectivity index (χ3v) is 0. The molecule has 11 heavy (non-hydrogen) atoms. The zero-order valence-corrected chi connectivity index (χ0v) is 8.53. The van der Waals surface area contributed by atoms with Crippen molar-refractivity contribution in [3.8, 4) is 0 Å². The van der Waals surface area contributed by atoms with E-state index in [1.165, 1.54) is 0 Å². The van der Waals surface area contributed by atoms with Crippen LogP contribution in [-0.4, -0.2) is 13.0 Å². The van der Waals surface area contributed by atoms with Crippen LogP contribution in [0.5, 0.6) is 0 Å². The van der Waals surface area contributed by atoms with Crippen molar-refractivity contribution in [1.29, 1.82) is 0 Å². The molecule has 11 heteroatoms. The third-order valence-electron chi connectivity index (χ3n) is 0. The van der Waals surface area contributed by atoms with Crippen molar-refractivity contribution < 1.29 is 48.9 Å². The molecule has 0 aromatic rings. The van der Waals surface area contributed by atoms with Gasteiger partial charge >= 0.3 is 35.9 Å². The van der Waals surface area contributed by atoms with Gasteiger partial charge in [-0.2, -0.15) is 0 Å². The van der Waals surface area contributed by atoms with Crippen LogP contribution in [0.3, 0.4) is 0 Å². The van der Waals surface area contributed by atoms with E-state index in [9.17, 15) is 18.1 Å². The molecule has 0 bridgehead atoms. The molecule has 1 N–H and O–H groups in total. The van der Waals surface area contributed by atoms with E-state index in [0.29, 0.717) is 0 Å². The van der Waals surface area contributed by atoms with Crippen molar-refractivity contribution in [2.45, 2.75) is 0 Å². The van der Waals surface area contributed by atoms with Gasteiger partial charge in [0.05, 0.1) is 0 Å². The Labute approximate surface area is 60.4 Å². The Morgan fingerprint density at radius 2 is 0.909 bits per heavy atom. The van der Waals surface area contributed by atoms with E-state index < -0.39 is 28.8 Å². The molecular formula is H2F6O3STa. The molecule has 0 saturated carbocycles. The Kier molecular flexibility index (Phi) is 3.29. The Balaban J connectivity index is 0. The fraction of sp³-hybridized carbons (Fsp3) is 0. The normalized spacial score (nSPS) is 17.8. The van der Waals surface area contributed by atoms with Gasteiger partial charge in [0.25, 0.3) is 11.0 Å². The van der Waals surface area contributed by atoms with E-state index in [1.54, 1.807) is 0 Å². The van der Waals surface area contributed by atoms with E-state index in [2.05, 4.69) is 0 Å². The first-order chi connectivity index (χ1) is 4.18. The molecule has 0 spiro atoms. The molecule has 73 valence electrons. The van der Waals surface area contributed by atoms with Gasteiger partial charge in [-0.15, -0.1) is 0 Å². The number of thiol groups is 1. The van der Waals surface area contributed by atoms with E-state index in [-0.39, 0.29) is 0 Å². The van der Waals surface area contributed by atoms with Crippen LogP contribution in [0.25, 0.3) is 0 Å². The Bertz CT molecular complexity index is 173. The molecule has 3 nitrogen and oxygen atoms in total. The van der Waals surface area contributed by atoms with Crippen LogP contribution in [0.4, 0.5) is 18.1 Å². The van der Waals surface area contributed by atoms with E-state index >= 15 is 0 Å². The molecule has 0 aliphatic carbocycles. The number of hydrogen-bond donors (Lipinski definition) is 2. The average Bonchev–Trinajstić information content (AvgIpc) is 1.11. The zero-order valence-electron chi connectivity index (χ0n) is 4.43. The molecule has 0 aromatic carbocycles. The number of halogens is 6. The minimum atomic E-state index is -11.4. The summed E-state index contributed by atoms with van der Waals surface area (Å²) in [6.45, 7) is 0. The summed E-state index contributed by atoms with van der Waals surface area (Å²) in [7, 11) is -3.12. The van der Waals surface area contributed by atoms with E-state index in [4.69, 9.17) is 13.0 Å². The van der Waals surface area contributed by atoms with Gasteiger partial charge in [0.1, 0.15) is 0 Å². The zero-order chi connectivity index (χ0) is 9.99. The van der Waals surface area contributed by atoms with Crippen LogP contribution >= 0.6 is 0 Å². The van der Waals surface area contributed by atoms with Crippen molar-refractivity contribution in [2.24, 2.45) is 0 Å². The molecule has 0 fully saturated rings. The van der Waals surface area contributed by atoms with E-state index in [0.717, 1.165) is 0 Å². The Morgan fingerprint density at radius 1 is 0.909 bits per heavy atom. The molecule has 0 atom stereocenters. The van der Waals surface area contributed by atoms with Gasteiger partial charge in [0.15, 0.2) is 0 Å². The summed E-state index contributed by atoms with van der Waals surface area (Å²) in [6.07, 6.45) is 0. The molecule has 0 amide bonds. The molecular weight excluding hydrogens is 375 g/mol. The second kappa shape index (κ2) is 2.62. The molecule has 0 rings (SSSR count). The quantitative estimate of drug-likeness (QED) is 0.383. The molecule has 0 aromatic heterocycles. The maximum absolute atomic E-state index is 11.4. The van der Waals surface area contributed by atoms with Crippen molar-refractivity contribution in [1.82, 2.24) is 0 Å². The van der Waals surface area contributed by atoms with Crippen molar-refractivity contribution in [3.05, 3.63) is 0 Å². The van der Waals surface area contributed by atoms with Gasteiger partial charge in [-0.3, -0.25) is 4.55 Å². The van der Waals surface area contributed by atoms with Crippen LogP contribution < -0.4 is 0 Å². The fourth-order valence-corrected chi connectivity index (χ4v) is 0. The van der Waals surface area contributed by atoms with Gasteiger partial charge in [-0.1, -0.05) is 0 Å². The summed E-state index contributed by atoms with van der Waals surface area (Å²) in [5.41, 5.74) is 0. The first-order valence-corrected chi connectivity index (χ1v) is 10.00. The van der Waals surface area contributed by atoms with Crippen molar-refractivity contribution in [3.63, 3.8) is 0 Å². The number of hydrogen-bond acceptors (Lipinski definition) is 2. The molecule has 0 aliphatic rings. The molecule has 0 heterocycles. The minimum absolute atomic E-state index is 3.12. The van der Waals surface area contributed by atoms with Crippen LogP contribution in [0.15, 0.2) is 0 Å². The predicted octanol–water partition coefficient (Wildman–Crippen LogP) is 1.59. The summed E-state index contributed by atoms with van der Waals surface area (Å²) in [5, 5.41) is 0. The summed E-state index contributed by atoms with van der Waals surface area (Å²) < 4.78 is 83.8. The van der Waals surface area contributed by atoms with Gasteiger partial charge in [-0.25, -0.2) is 8.42 Å². The van der Waals surface area contributed by atoms with Crippen molar-refractivity contribution in [2.75, 3.05) is 0 Å². The maximum atomic E-state index is 9.94. The Hall–Kier alpha value is 0.230. The van der Waals surface area contributed by atoms with Gasteiger partial charge in [0.2, 0.25) is 0 Å². The second-order valence-electron chi connectivity index (χ2n) is 1.20. The summed E-state index contributed by atoms with van der Waals surface area (Å²) in [5.74, 6) is 0. The van der Waals surface area contributed by atoms with Crippen LogP contribution in [0.1, 0.15) is 0 Å². The molecule has 0 radical (unpaired) electrons. The summed E-state index contributed by atoms with van der Waals surface area (Å²) >= 11 is -11.4. The summed E-state index contributed by atoms with van der Waals surface area (Å²) in [4.78, 5) is 0. The Morgan fingerprint density at radius 3 is 0.909 bits per heavy atom. The van der Waals surface area contributed by atoms with Crippen LogP contribution in [0.2, 0.25) is 0 Å². The number of rotatable bonds is 0. The topological polar surface area (TPSA) is 54.4 Å². The second-order valence-corrected chi connectivity index (χ2v) is 8.56. The van der Waals surface area contributed by atoms with E-state index in [1.807, 2.05) is 0 Å². The van der Waals surface area contributed by atoms with Crippen LogP contribution in [-0.2, 0) is 28.8 Å². The monoisotopic (exact) mass is 377 g/mol. The first-order valence-electron chi connectivity index (χ1n) is 1.58. The van der Waals surface area contributed by atoms with Crippen LogP contribution in [0, 0.1) is 0 Å². The third kappa shape index (κ3) is 13100. The molecule has 0 unspecified atom stereocenters. The summed E-state index contributed by atoms with van der Waals surface area (Å²) in [6, 6.07) is 0. The van der Waals surface area contributed by atoms with Gasteiger partial charge in [-0.05, 0) is 0 Å². The van der Waals surface area contributed by atoms with Crippen molar-refractivity contribution >= 4 is 11.0 Å². The predicted molar refractivity (Wildman–Crippen MR) is 19.6 cm³/mol. The molecule has 0 saturated heterocycles. The average molecular weight is 377 g/mol.